The van der Waals surface area contributed by atoms with Gasteiger partial charge in [0.05, 0.1) is 16.9 Å². The van der Waals surface area contributed by atoms with Crippen LogP contribution in [-0.2, 0) is 14.6 Å². The van der Waals surface area contributed by atoms with Crippen molar-refractivity contribution in [2.75, 3.05) is 5.75 Å². The zero-order valence-electron chi connectivity index (χ0n) is 8.27. The van der Waals surface area contributed by atoms with Gasteiger partial charge in [-0.2, -0.15) is 0 Å². The van der Waals surface area contributed by atoms with Gasteiger partial charge in [0.2, 0.25) is 0 Å². The summed E-state index contributed by atoms with van der Waals surface area (Å²) < 4.78 is 23.4. The second-order valence-corrected chi connectivity index (χ2v) is 6.30. The van der Waals surface area contributed by atoms with Crippen molar-refractivity contribution in [1.29, 1.82) is 0 Å². The molecule has 0 aromatic rings. The monoisotopic (exact) mass is 220 g/mol. The molecule has 1 aliphatic carbocycles. The summed E-state index contributed by atoms with van der Waals surface area (Å²) in [6.07, 6.45) is 3.31. The van der Waals surface area contributed by atoms with Crippen LogP contribution < -0.4 is 0 Å². The maximum atomic E-state index is 11.7. The molecule has 14 heavy (non-hydrogen) atoms. The fourth-order valence-electron chi connectivity index (χ4n) is 1.80. The van der Waals surface area contributed by atoms with Gasteiger partial charge in [0.15, 0.2) is 9.84 Å². The first kappa shape index (κ1) is 11.5. The molecule has 1 aliphatic rings. The molecule has 4 nitrogen and oxygen atoms in total. The summed E-state index contributed by atoms with van der Waals surface area (Å²) in [7, 11) is -3.19. The highest BCUT2D eigenvalue weighted by Gasteiger charge is 2.31. The number of carboxylic acid groups (broad SMARTS) is 1. The second kappa shape index (κ2) is 4.29. The Bertz CT molecular complexity index is 301. The molecule has 1 unspecified atom stereocenters. The highest BCUT2D eigenvalue weighted by atomic mass is 32.2. The number of carboxylic acids is 1. The highest BCUT2D eigenvalue weighted by molar-refractivity contribution is 7.92. The molecule has 0 radical (unpaired) electrons. The molecule has 0 bridgehead atoms. The third-order valence-corrected chi connectivity index (χ3v) is 5.17. The lowest BCUT2D eigenvalue weighted by molar-refractivity contribution is -0.140. The van der Waals surface area contributed by atoms with E-state index in [0.29, 0.717) is 12.8 Å². The van der Waals surface area contributed by atoms with Gasteiger partial charge >= 0.3 is 5.97 Å². The Morgan fingerprint density at radius 1 is 1.43 bits per heavy atom. The number of aliphatic carboxylic acids is 1. The van der Waals surface area contributed by atoms with Gasteiger partial charge < -0.3 is 5.11 Å². The van der Waals surface area contributed by atoms with Crippen molar-refractivity contribution in [2.24, 2.45) is 5.92 Å². The SMILES string of the molecule is CC(CS(=O)(=O)C1CCCC1)C(=O)O. The molecule has 0 spiro atoms. The Hall–Kier alpha value is -0.580. The Morgan fingerprint density at radius 3 is 2.36 bits per heavy atom. The molecule has 5 heteroatoms. The quantitative estimate of drug-likeness (QED) is 0.769. The summed E-state index contributed by atoms with van der Waals surface area (Å²) in [5, 5.41) is 8.34. The van der Waals surface area contributed by atoms with Crippen LogP contribution in [0.5, 0.6) is 0 Å². The van der Waals surface area contributed by atoms with Gasteiger partial charge in [-0.3, -0.25) is 4.79 Å². The van der Waals surface area contributed by atoms with Crippen LogP contribution in [0, 0.1) is 5.92 Å². The number of hydrogen-bond acceptors (Lipinski definition) is 3. The molecule has 0 aromatic heterocycles. The van der Waals surface area contributed by atoms with Gasteiger partial charge in [0.1, 0.15) is 0 Å². The predicted octanol–water partition coefficient (Wildman–Crippen LogP) is 1.06. The molecule has 0 aromatic carbocycles. The van der Waals surface area contributed by atoms with E-state index in [1.54, 1.807) is 0 Å². The van der Waals surface area contributed by atoms with Crippen LogP contribution in [0.25, 0.3) is 0 Å². The highest BCUT2D eigenvalue weighted by Crippen LogP contribution is 2.26. The van der Waals surface area contributed by atoms with E-state index >= 15 is 0 Å². The van der Waals surface area contributed by atoms with Crippen LogP contribution >= 0.6 is 0 Å². The fourth-order valence-corrected chi connectivity index (χ4v) is 3.97. The average molecular weight is 220 g/mol. The van der Waals surface area contributed by atoms with Gasteiger partial charge in [-0.15, -0.1) is 0 Å². The van der Waals surface area contributed by atoms with Crippen LogP contribution in [0.1, 0.15) is 32.6 Å². The van der Waals surface area contributed by atoms with Crippen molar-refractivity contribution in [3.05, 3.63) is 0 Å². The summed E-state index contributed by atoms with van der Waals surface area (Å²) in [5.41, 5.74) is 0. The largest absolute Gasteiger partial charge is 0.481 e. The smallest absolute Gasteiger partial charge is 0.307 e. The summed E-state index contributed by atoms with van der Waals surface area (Å²) in [4.78, 5) is 10.5. The first-order valence-electron chi connectivity index (χ1n) is 4.88. The molecule has 0 heterocycles. The molecule has 1 rings (SSSR count). The predicted molar refractivity (Wildman–Crippen MR) is 52.8 cm³/mol. The molecule has 1 fully saturated rings. The molecular formula is C9H16O4S. The van der Waals surface area contributed by atoms with Gasteiger partial charge in [-0.25, -0.2) is 8.42 Å². The van der Waals surface area contributed by atoms with E-state index in [-0.39, 0.29) is 11.0 Å². The maximum absolute atomic E-state index is 11.7. The topological polar surface area (TPSA) is 71.4 Å². The number of sulfone groups is 1. The van der Waals surface area contributed by atoms with E-state index in [1.165, 1.54) is 6.92 Å². The molecular weight excluding hydrogens is 204 g/mol. The molecule has 1 saturated carbocycles. The third-order valence-electron chi connectivity index (χ3n) is 2.71. The van der Waals surface area contributed by atoms with Crippen LogP contribution in [0.2, 0.25) is 0 Å². The zero-order chi connectivity index (χ0) is 10.8. The molecule has 0 saturated heterocycles. The Balaban J connectivity index is 2.61. The van der Waals surface area contributed by atoms with Crippen molar-refractivity contribution >= 4 is 15.8 Å². The zero-order valence-corrected chi connectivity index (χ0v) is 9.09. The number of rotatable bonds is 4. The van der Waals surface area contributed by atoms with Crippen LogP contribution in [0.4, 0.5) is 0 Å². The van der Waals surface area contributed by atoms with Crippen molar-refractivity contribution < 1.29 is 18.3 Å². The first-order chi connectivity index (χ1) is 6.43. The van der Waals surface area contributed by atoms with Crippen LogP contribution in [0.3, 0.4) is 0 Å². The van der Waals surface area contributed by atoms with Gasteiger partial charge in [-0.1, -0.05) is 19.8 Å². The summed E-state index contributed by atoms with van der Waals surface area (Å²) in [6.45, 7) is 1.44. The van der Waals surface area contributed by atoms with Gasteiger partial charge in [0.25, 0.3) is 0 Å². The van der Waals surface area contributed by atoms with E-state index < -0.39 is 21.7 Å². The Labute approximate surface area is 84.2 Å². The Kier molecular flexibility index (Phi) is 3.53. The minimum absolute atomic E-state index is 0.215. The summed E-state index contributed by atoms with van der Waals surface area (Å²) in [5.74, 6) is -2.04. The summed E-state index contributed by atoms with van der Waals surface area (Å²) >= 11 is 0. The second-order valence-electron chi connectivity index (χ2n) is 3.98. The van der Waals surface area contributed by atoms with E-state index in [4.69, 9.17) is 5.11 Å². The van der Waals surface area contributed by atoms with Crippen molar-refractivity contribution in [1.82, 2.24) is 0 Å². The van der Waals surface area contributed by atoms with E-state index in [1.807, 2.05) is 0 Å². The van der Waals surface area contributed by atoms with E-state index in [0.717, 1.165) is 12.8 Å². The Morgan fingerprint density at radius 2 is 1.93 bits per heavy atom. The van der Waals surface area contributed by atoms with Crippen molar-refractivity contribution in [2.45, 2.75) is 37.9 Å². The lowest BCUT2D eigenvalue weighted by Crippen LogP contribution is -2.28. The maximum Gasteiger partial charge on any atom is 0.307 e. The minimum Gasteiger partial charge on any atom is -0.481 e. The standard InChI is InChI=1S/C9H16O4S/c1-7(9(10)11)6-14(12,13)8-4-2-3-5-8/h7-8H,2-6H2,1H3,(H,10,11). The number of hydrogen-bond donors (Lipinski definition) is 1. The summed E-state index contributed by atoms with van der Waals surface area (Å²) in [6, 6.07) is 0. The van der Waals surface area contributed by atoms with E-state index in [2.05, 4.69) is 0 Å². The third kappa shape index (κ3) is 2.70. The minimum atomic E-state index is -3.19. The van der Waals surface area contributed by atoms with Crippen LogP contribution in [0.15, 0.2) is 0 Å². The van der Waals surface area contributed by atoms with Gasteiger partial charge in [-0.05, 0) is 12.8 Å². The van der Waals surface area contributed by atoms with Gasteiger partial charge in [0, 0.05) is 0 Å². The van der Waals surface area contributed by atoms with Crippen molar-refractivity contribution in [3.63, 3.8) is 0 Å². The van der Waals surface area contributed by atoms with E-state index in [9.17, 15) is 13.2 Å². The first-order valence-corrected chi connectivity index (χ1v) is 6.59. The molecule has 82 valence electrons. The lowest BCUT2D eigenvalue weighted by atomic mass is 10.2. The van der Waals surface area contributed by atoms with Crippen LogP contribution in [-0.4, -0.2) is 30.5 Å². The molecule has 0 aliphatic heterocycles. The fraction of sp³-hybridized carbons (Fsp3) is 0.889. The lowest BCUT2D eigenvalue weighted by Gasteiger charge is -2.12. The molecule has 1 atom stereocenters. The number of carbonyl (C=O) groups is 1. The average Bonchev–Trinajstić information content (AvgIpc) is 2.54. The molecule has 1 N–H and O–H groups in total. The molecule has 0 amide bonds. The van der Waals surface area contributed by atoms with Crippen molar-refractivity contribution in [3.8, 4) is 0 Å². The normalized spacial score (nSPS) is 20.9.